The molecule has 0 bridgehead atoms. The molecular formula is C15H23NO5S. The van der Waals surface area contributed by atoms with E-state index < -0.39 is 27.7 Å². The van der Waals surface area contributed by atoms with Crippen molar-refractivity contribution in [1.29, 1.82) is 0 Å². The number of carbonyl (C=O) groups is 1. The van der Waals surface area contributed by atoms with Crippen LogP contribution >= 0.6 is 0 Å². The number of rotatable bonds is 7. The monoisotopic (exact) mass is 329 g/mol. The minimum atomic E-state index is -3.80. The first kappa shape index (κ1) is 18.4. The van der Waals surface area contributed by atoms with Crippen molar-refractivity contribution in [2.24, 2.45) is 0 Å². The largest absolute Gasteiger partial charge is 0.444 e. The number of ether oxygens (including phenoxy) is 1. The fraction of sp³-hybridized carbons (Fsp3) is 0.533. The van der Waals surface area contributed by atoms with E-state index in [1.165, 1.54) is 0 Å². The molecule has 0 aliphatic rings. The van der Waals surface area contributed by atoms with E-state index in [0.29, 0.717) is 6.42 Å². The summed E-state index contributed by atoms with van der Waals surface area (Å²) in [6.07, 6.45) is 0.523. The van der Waals surface area contributed by atoms with Gasteiger partial charge in [-0.05, 0) is 39.2 Å². The summed E-state index contributed by atoms with van der Waals surface area (Å²) < 4.78 is 33.0. The molecule has 0 atom stereocenters. The van der Waals surface area contributed by atoms with Crippen LogP contribution < -0.4 is 5.32 Å². The molecule has 124 valence electrons. The number of benzene rings is 1. The van der Waals surface area contributed by atoms with Gasteiger partial charge in [0.1, 0.15) is 11.5 Å². The first-order valence-electron chi connectivity index (χ1n) is 7.06. The zero-order valence-electron chi connectivity index (χ0n) is 13.2. The predicted octanol–water partition coefficient (Wildman–Crippen LogP) is 2.45. The molecule has 0 fully saturated rings. The van der Waals surface area contributed by atoms with Crippen molar-refractivity contribution in [3.63, 3.8) is 0 Å². The molecule has 1 N–H and O–H groups in total. The standard InChI is InChI=1S/C15H23NO5S/c1-15(2,3)21-14(17)16-12-22(18,19)20-11-7-10-13-8-5-4-6-9-13/h4-6,8-9H,7,10-12H2,1-3H3,(H,16,17). The van der Waals surface area contributed by atoms with E-state index in [1.807, 2.05) is 30.3 Å². The lowest BCUT2D eigenvalue weighted by molar-refractivity contribution is 0.0535. The van der Waals surface area contributed by atoms with Gasteiger partial charge in [-0.25, -0.2) is 4.79 Å². The van der Waals surface area contributed by atoms with Crippen molar-refractivity contribution in [1.82, 2.24) is 5.32 Å². The summed E-state index contributed by atoms with van der Waals surface area (Å²) in [6, 6.07) is 9.72. The third-order valence-corrected chi connectivity index (χ3v) is 3.53. The Labute approximate surface area is 131 Å². The molecule has 0 saturated heterocycles. The summed E-state index contributed by atoms with van der Waals surface area (Å²) >= 11 is 0. The molecule has 1 aromatic rings. The minimum Gasteiger partial charge on any atom is -0.444 e. The van der Waals surface area contributed by atoms with Gasteiger partial charge in [-0.1, -0.05) is 30.3 Å². The third-order valence-electron chi connectivity index (χ3n) is 2.51. The Balaban J connectivity index is 2.25. The van der Waals surface area contributed by atoms with Crippen LogP contribution in [-0.4, -0.2) is 32.6 Å². The molecule has 22 heavy (non-hydrogen) atoms. The number of alkyl carbamates (subject to hydrolysis) is 1. The van der Waals surface area contributed by atoms with E-state index in [-0.39, 0.29) is 6.61 Å². The van der Waals surface area contributed by atoms with Crippen molar-refractivity contribution in [3.8, 4) is 0 Å². The minimum absolute atomic E-state index is 0.0766. The summed E-state index contributed by atoms with van der Waals surface area (Å²) in [6.45, 7) is 5.16. The molecule has 0 unspecified atom stereocenters. The third kappa shape index (κ3) is 8.63. The summed E-state index contributed by atoms with van der Waals surface area (Å²) in [7, 11) is -3.80. The second kappa shape index (κ2) is 8.14. The number of nitrogens with one attached hydrogen (secondary N) is 1. The van der Waals surface area contributed by atoms with Gasteiger partial charge in [0.15, 0.2) is 0 Å². The zero-order valence-corrected chi connectivity index (χ0v) is 14.0. The molecule has 1 amide bonds. The molecule has 0 radical (unpaired) electrons. The van der Waals surface area contributed by atoms with Gasteiger partial charge >= 0.3 is 6.09 Å². The highest BCUT2D eigenvalue weighted by Gasteiger charge is 2.18. The van der Waals surface area contributed by atoms with Crippen LogP contribution in [0.3, 0.4) is 0 Å². The van der Waals surface area contributed by atoms with Gasteiger partial charge in [-0.15, -0.1) is 0 Å². The quantitative estimate of drug-likeness (QED) is 0.614. The van der Waals surface area contributed by atoms with Crippen molar-refractivity contribution in [2.45, 2.75) is 39.2 Å². The fourth-order valence-corrected chi connectivity index (χ4v) is 2.36. The van der Waals surface area contributed by atoms with E-state index in [4.69, 9.17) is 8.92 Å². The molecule has 0 aliphatic carbocycles. The molecule has 7 heteroatoms. The first-order chi connectivity index (χ1) is 10.2. The Hall–Kier alpha value is -1.60. The molecule has 0 spiro atoms. The van der Waals surface area contributed by atoms with E-state index in [0.717, 1.165) is 12.0 Å². The SMILES string of the molecule is CC(C)(C)OC(=O)NCS(=O)(=O)OCCCc1ccccc1. The maximum absolute atomic E-state index is 11.6. The Kier molecular flexibility index (Phi) is 6.83. The molecule has 6 nitrogen and oxygen atoms in total. The van der Waals surface area contributed by atoms with E-state index in [9.17, 15) is 13.2 Å². The zero-order chi connectivity index (χ0) is 16.6. The van der Waals surface area contributed by atoms with Gasteiger partial charge < -0.3 is 10.1 Å². The van der Waals surface area contributed by atoms with Crippen LogP contribution in [0.1, 0.15) is 32.8 Å². The maximum Gasteiger partial charge on any atom is 0.408 e. The molecule has 0 saturated carbocycles. The average Bonchev–Trinajstić information content (AvgIpc) is 2.41. The number of hydrogen-bond donors (Lipinski definition) is 1. The summed E-state index contributed by atoms with van der Waals surface area (Å²) in [5.74, 6) is -0.604. The van der Waals surface area contributed by atoms with Crippen molar-refractivity contribution in [2.75, 3.05) is 12.5 Å². The van der Waals surface area contributed by atoms with Crippen molar-refractivity contribution in [3.05, 3.63) is 35.9 Å². The van der Waals surface area contributed by atoms with Crippen molar-refractivity contribution < 1.29 is 22.1 Å². The molecule has 0 aromatic heterocycles. The van der Waals surface area contributed by atoms with Gasteiger partial charge in [0, 0.05) is 0 Å². The lowest BCUT2D eigenvalue weighted by Crippen LogP contribution is -2.36. The highest BCUT2D eigenvalue weighted by Crippen LogP contribution is 2.07. The summed E-state index contributed by atoms with van der Waals surface area (Å²) in [5.41, 5.74) is 0.445. The molecule has 0 heterocycles. The Morgan fingerprint density at radius 1 is 1.18 bits per heavy atom. The van der Waals surface area contributed by atoms with Crippen molar-refractivity contribution >= 4 is 16.2 Å². The fourth-order valence-electron chi connectivity index (χ4n) is 1.61. The van der Waals surface area contributed by atoms with Crippen LogP contribution in [0, 0.1) is 0 Å². The molecule has 0 aliphatic heterocycles. The predicted molar refractivity (Wildman–Crippen MR) is 83.9 cm³/mol. The summed E-state index contributed by atoms with van der Waals surface area (Å²) in [4.78, 5) is 11.4. The highest BCUT2D eigenvalue weighted by molar-refractivity contribution is 7.86. The molecule has 1 aromatic carbocycles. The second-order valence-electron chi connectivity index (χ2n) is 5.79. The Bertz CT molecular complexity index is 563. The highest BCUT2D eigenvalue weighted by atomic mass is 32.2. The van der Waals surface area contributed by atoms with Crippen LogP contribution in [-0.2, 0) is 25.5 Å². The second-order valence-corrected chi connectivity index (χ2v) is 7.43. The maximum atomic E-state index is 11.6. The lowest BCUT2D eigenvalue weighted by atomic mass is 10.1. The van der Waals surface area contributed by atoms with Gasteiger partial charge in [-0.2, -0.15) is 8.42 Å². The van der Waals surface area contributed by atoms with E-state index in [2.05, 4.69) is 5.32 Å². The van der Waals surface area contributed by atoms with Crippen LogP contribution in [0.25, 0.3) is 0 Å². The molecular weight excluding hydrogens is 306 g/mol. The number of carbonyl (C=O) groups excluding carboxylic acids is 1. The first-order valence-corrected chi connectivity index (χ1v) is 8.63. The number of amides is 1. The summed E-state index contributed by atoms with van der Waals surface area (Å²) in [5, 5.41) is 2.16. The Morgan fingerprint density at radius 3 is 2.41 bits per heavy atom. The smallest absolute Gasteiger partial charge is 0.408 e. The Morgan fingerprint density at radius 2 is 1.82 bits per heavy atom. The van der Waals surface area contributed by atoms with E-state index >= 15 is 0 Å². The van der Waals surface area contributed by atoms with Gasteiger partial charge in [0.2, 0.25) is 0 Å². The van der Waals surface area contributed by atoms with Crippen LogP contribution in [0.15, 0.2) is 30.3 Å². The van der Waals surface area contributed by atoms with Gasteiger partial charge in [0.05, 0.1) is 6.61 Å². The number of aryl methyl sites for hydroxylation is 1. The average molecular weight is 329 g/mol. The topological polar surface area (TPSA) is 81.7 Å². The normalized spacial score (nSPS) is 12.0. The van der Waals surface area contributed by atoms with Crippen LogP contribution in [0.5, 0.6) is 0 Å². The lowest BCUT2D eigenvalue weighted by Gasteiger charge is -2.19. The van der Waals surface area contributed by atoms with Gasteiger partial charge in [-0.3, -0.25) is 4.18 Å². The van der Waals surface area contributed by atoms with Crippen LogP contribution in [0.2, 0.25) is 0 Å². The molecule has 1 rings (SSSR count). The van der Waals surface area contributed by atoms with Gasteiger partial charge in [0.25, 0.3) is 10.1 Å². The van der Waals surface area contributed by atoms with E-state index in [1.54, 1.807) is 20.8 Å². The van der Waals surface area contributed by atoms with Crippen LogP contribution in [0.4, 0.5) is 4.79 Å². The number of hydrogen-bond acceptors (Lipinski definition) is 5.